The molecule has 316 valence electrons. The zero-order chi connectivity index (χ0) is 45.0. The average molecular weight is 921 g/mol. The molecule has 0 saturated carbocycles. The molecule has 4 aromatic carbocycles. The number of tetrazole rings is 1. The van der Waals surface area contributed by atoms with E-state index in [-0.39, 0.29) is 40.7 Å². The first-order valence-corrected chi connectivity index (χ1v) is 17.8. The van der Waals surface area contributed by atoms with Crippen LogP contribution in [-0.2, 0) is 41.0 Å². The van der Waals surface area contributed by atoms with Gasteiger partial charge in [-0.05, 0) is 71.9 Å². The molecule has 0 aliphatic heterocycles. The molecule has 0 radical (unpaired) electrons. The summed E-state index contributed by atoms with van der Waals surface area (Å²) in [6.45, 7) is 4.86. The number of rotatable bonds is 4. The molecule has 27 heteroatoms. The fourth-order valence-electron chi connectivity index (χ4n) is 5.06. The largest absolute Gasteiger partial charge is 1.00 e. The Kier molecular flexibility index (Phi) is 22.5. The van der Waals surface area contributed by atoms with Crippen LogP contribution in [0.5, 0.6) is 0 Å². The zero-order valence-corrected chi connectivity index (χ0v) is 36.0. The topological polar surface area (TPSA) is 239 Å². The quantitative estimate of drug-likeness (QED) is 0.0666. The minimum atomic E-state index is -5.64. The summed E-state index contributed by atoms with van der Waals surface area (Å²) in [4.78, 5) is 30.1. The number of nitrogens with one attached hydrogen (secondary N) is 1. The van der Waals surface area contributed by atoms with E-state index in [0.717, 1.165) is 33.3 Å². The van der Waals surface area contributed by atoms with Crippen LogP contribution in [0.4, 0.5) is 26.3 Å². The van der Waals surface area contributed by atoms with Gasteiger partial charge in [-0.3, -0.25) is 23.6 Å². The second-order valence-electron chi connectivity index (χ2n) is 11.4. The molecule has 0 aliphatic carbocycles. The van der Waals surface area contributed by atoms with Crippen molar-refractivity contribution in [3.63, 3.8) is 0 Å². The van der Waals surface area contributed by atoms with Gasteiger partial charge in [-0.25, -0.2) is 0 Å². The van der Waals surface area contributed by atoms with Crippen LogP contribution in [0.2, 0.25) is 0 Å². The molecule has 0 unspecified atom stereocenters. The van der Waals surface area contributed by atoms with Crippen molar-refractivity contribution in [2.75, 3.05) is 0 Å². The summed E-state index contributed by atoms with van der Waals surface area (Å²) in [5.41, 5.74) is 19.1. The van der Waals surface area contributed by atoms with Gasteiger partial charge in [0, 0.05) is 0 Å². The summed E-state index contributed by atoms with van der Waals surface area (Å²) < 4.78 is 104. The molecule has 0 atom stereocenters. The van der Waals surface area contributed by atoms with Crippen molar-refractivity contribution in [2.24, 2.45) is 0 Å². The number of ether oxygens (including phenoxy) is 1. The Labute approximate surface area is 372 Å². The normalized spacial score (nSPS) is 10.2. The van der Waals surface area contributed by atoms with Crippen LogP contribution in [0.25, 0.3) is 43.6 Å². The van der Waals surface area contributed by atoms with Gasteiger partial charge in [0.15, 0.2) is 4.77 Å². The predicted octanol–water partition coefficient (Wildman–Crippen LogP) is 3.78. The SMILES string of the molecule is Cc1ccc2[nH]c(=S)n(Cc3ccccc3)c(=O)c2c1.Cc1ccc2c(c1)c(=O)n(Cc1ccccc1)c1nnnn21.FC(F)(F)OC(F)(F)F.O=S=O.O=S=O.[N-]=[N+]=[N-].[Na+]. The number of hydrogen-bond donors (Lipinski definition) is 1. The molecule has 1 N–H and O–H groups in total. The first-order valence-electron chi connectivity index (χ1n) is 16.0. The van der Waals surface area contributed by atoms with Crippen molar-refractivity contribution in [3.05, 3.63) is 161 Å². The maximum Gasteiger partial charge on any atom is 1.00 e. The number of halogens is 6. The Balaban J connectivity index is 0.000000438. The zero-order valence-electron chi connectivity index (χ0n) is 31.5. The molecule has 0 amide bonds. The molecule has 0 aliphatic rings. The van der Waals surface area contributed by atoms with Crippen LogP contribution in [0.1, 0.15) is 22.3 Å². The Morgan fingerprint density at radius 2 is 1.15 bits per heavy atom. The molecule has 7 aromatic rings. The van der Waals surface area contributed by atoms with Crippen molar-refractivity contribution >= 4 is 62.9 Å². The summed E-state index contributed by atoms with van der Waals surface area (Å²) in [6.07, 6.45) is -11.3. The van der Waals surface area contributed by atoms with Crippen molar-refractivity contribution in [3.8, 4) is 0 Å². The summed E-state index contributed by atoms with van der Waals surface area (Å²) in [5.74, 6) is 0.449. The minimum Gasteiger partial charge on any atom is -0.373 e. The van der Waals surface area contributed by atoms with Gasteiger partial charge in [-0.1, -0.05) is 89.0 Å². The molecule has 7 rings (SSSR count). The van der Waals surface area contributed by atoms with E-state index in [1.54, 1.807) is 18.4 Å². The van der Waals surface area contributed by atoms with Crippen LogP contribution in [0, 0.1) is 18.6 Å². The van der Waals surface area contributed by atoms with Crippen molar-refractivity contribution in [2.45, 2.75) is 39.7 Å². The first-order chi connectivity index (χ1) is 28.3. The minimum absolute atomic E-state index is 0. The number of nitrogens with zero attached hydrogens (tertiary/aromatic N) is 9. The number of aryl methyl sites for hydroxylation is 2. The van der Waals surface area contributed by atoms with E-state index >= 15 is 0 Å². The number of fused-ring (bicyclic) bond motifs is 4. The molecular formula is C34H27F6N10NaO7S3. The monoisotopic (exact) mass is 920 g/mol. The van der Waals surface area contributed by atoms with Gasteiger partial charge in [0.25, 0.3) is 16.9 Å². The van der Waals surface area contributed by atoms with Gasteiger partial charge in [0.05, 0.1) is 34.9 Å². The predicted molar refractivity (Wildman–Crippen MR) is 208 cm³/mol. The molecule has 61 heavy (non-hydrogen) atoms. The maximum absolute atomic E-state index is 12.9. The van der Waals surface area contributed by atoms with Gasteiger partial charge in [0.1, 0.15) is 0 Å². The van der Waals surface area contributed by atoms with E-state index in [1.165, 1.54) is 4.91 Å². The molecule has 0 fully saturated rings. The fourth-order valence-corrected chi connectivity index (χ4v) is 5.32. The second kappa shape index (κ2) is 25.8. The summed E-state index contributed by atoms with van der Waals surface area (Å²) in [5, 5.41) is 13.0. The Bertz CT molecular complexity index is 2770. The summed E-state index contributed by atoms with van der Waals surface area (Å²) in [6, 6.07) is 31.1. The van der Waals surface area contributed by atoms with E-state index in [1.807, 2.05) is 111 Å². The molecule has 17 nitrogen and oxygen atoms in total. The Morgan fingerprint density at radius 3 is 1.61 bits per heavy atom. The standard InChI is InChI=1S/C16H13N5O.C16H14N2OS.C2F6O.N3.Na.2O2S/c1-11-7-8-14-13(9-11)15(22)20(16-17-18-19-21(14)16)10-12-5-3-2-4-6-12;1-11-7-8-14-13(9-11)15(19)18(16(20)17-14)10-12-5-3-2-4-6-12;3-1(4,5)9-2(6,7)8;1-3-2;;2*1-3-2/h2-9H,10H2,1H3;2-9H,10H2,1H3,(H,17,20);;;;;/q;;;-1;+1;;. The third kappa shape index (κ3) is 17.4. The van der Waals surface area contributed by atoms with Gasteiger partial charge in [0.2, 0.25) is 0 Å². The fraction of sp³-hybridized carbons (Fsp3) is 0.176. The average Bonchev–Trinajstić information content (AvgIpc) is 3.67. The molecule has 3 aromatic heterocycles. The molecular weight excluding hydrogens is 894 g/mol. The third-order valence-electron chi connectivity index (χ3n) is 7.29. The van der Waals surface area contributed by atoms with Crippen LogP contribution in [-0.4, -0.2) is 63.7 Å². The van der Waals surface area contributed by atoms with Crippen LogP contribution in [0.3, 0.4) is 0 Å². The smallest absolute Gasteiger partial charge is 0.373 e. The number of alkyl halides is 6. The third-order valence-corrected chi connectivity index (χ3v) is 7.61. The Hall–Kier alpha value is -5.73. The van der Waals surface area contributed by atoms with E-state index in [2.05, 4.69) is 20.5 Å². The van der Waals surface area contributed by atoms with Crippen molar-refractivity contribution in [1.82, 2.24) is 34.2 Å². The molecule has 3 heterocycles. The van der Waals surface area contributed by atoms with Crippen molar-refractivity contribution in [1.29, 1.82) is 0 Å². The second-order valence-corrected chi connectivity index (χ2v) is 12.0. The van der Waals surface area contributed by atoms with Crippen molar-refractivity contribution < 1.29 is 77.5 Å². The molecule has 0 spiro atoms. The molecule has 0 bridgehead atoms. The maximum atomic E-state index is 12.9. The van der Waals surface area contributed by atoms with Gasteiger partial charge >= 0.3 is 65.4 Å². The number of benzene rings is 4. The Morgan fingerprint density at radius 1 is 0.721 bits per heavy atom. The first kappa shape index (κ1) is 53.3. The summed E-state index contributed by atoms with van der Waals surface area (Å²) >= 11 is 3.81. The van der Waals surface area contributed by atoms with Gasteiger partial charge in [-0.2, -0.15) is 26.1 Å². The van der Waals surface area contributed by atoms with E-state index in [0.29, 0.717) is 34.4 Å². The van der Waals surface area contributed by atoms with E-state index < -0.39 is 35.9 Å². The molecule has 0 saturated heterocycles. The number of aromatic nitrogens is 7. The van der Waals surface area contributed by atoms with E-state index in [9.17, 15) is 35.9 Å². The number of aromatic amines is 1. The van der Waals surface area contributed by atoms with Crippen LogP contribution >= 0.6 is 12.2 Å². The van der Waals surface area contributed by atoms with Crippen LogP contribution < -0.4 is 40.7 Å². The number of H-pyrrole nitrogens is 1. The van der Waals surface area contributed by atoms with Gasteiger partial charge in [-0.15, -0.1) is 26.3 Å². The summed E-state index contributed by atoms with van der Waals surface area (Å²) in [7, 11) is 0. The number of hydrogen-bond acceptors (Lipinski definition) is 11. The van der Waals surface area contributed by atoms with Gasteiger partial charge < -0.3 is 16.0 Å². The van der Waals surface area contributed by atoms with E-state index in [4.69, 9.17) is 40.1 Å². The van der Waals surface area contributed by atoms with Crippen LogP contribution in [0.15, 0.2) is 107 Å².